The van der Waals surface area contributed by atoms with Gasteiger partial charge in [0.05, 0.1) is 18.5 Å². The molecule has 0 aliphatic rings. The molecule has 0 unspecified atom stereocenters. The summed E-state index contributed by atoms with van der Waals surface area (Å²) < 4.78 is 5.58. The van der Waals surface area contributed by atoms with Crippen molar-refractivity contribution in [1.29, 1.82) is 0 Å². The van der Waals surface area contributed by atoms with Crippen LogP contribution in [0.15, 0.2) is 48.8 Å². The second-order valence-electron chi connectivity index (χ2n) is 4.93. The minimum Gasteiger partial charge on any atom is -0.493 e. The molecule has 0 saturated heterocycles. The van der Waals surface area contributed by atoms with Crippen molar-refractivity contribution >= 4 is 11.6 Å². The molecule has 0 aliphatic carbocycles. The van der Waals surface area contributed by atoms with Crippen molar-refractivity contribution in [1.82, 2.24) is 4.98 Å². The van der Waals surface area contributed by atoms with E-state index in [1.54, 1.807) is 48.8 Å². The van der Waals surface area contributed by atoms with Gasteiger partial charge in [0.1, 0.15) is 5.75 Å². The third-order valence-corrected chi connectivity index (χ3v) is 2.62. The number of carbonyl (C=O) groups is 1. The molecule has 0 fully saturated rings. The zero-order valence-electron chi connectivity index (χ0n) is 11.7. The summed E-state index contributed by atoms with van der Waals surface area (Å²) >= 11 is 0. The fraction of sp³-hybridized carbons (Fsp3) is 0.250. The number of hydrogen-bond donors (Lipinski definition) is 1. The average molecular weight is 270 g/mol. The monoisotopic (exact) mass is 270 g/mol. The minimum atomic E-state index is -0.159. The molecule has 0 saturated carbocycles. The van der Waals surface area contributed by atoms with Crippen molar-refractivity contribution in [3.05, 3.63) is 54.4 Å². The van der Waals surface area contributed by atoms with Gasteiger partial charge < -0.3 is 10.1 Å². The third-order valence-electron chi connectivity index (χ3n) is 2.62. The number of amides is 1. The molecule has 1 amide bonds. The maximum Gasteiger partial charge on any atom is 0.255 e. The first-order valence-electron chi connectivity index (χ1n) is 6.59. The van der Waals surface area contributed by atoms with Crippen molar-refractivity contribution in [2.75, 3.05) is 11.9 Å². The number of rotatable bonds is 5. The standard InChI is InChI=1S/C16H18N2O2/c1-12(2)11-20-15-7-5-13(6-8-15)16(19)18-14-4-3-9-17-10-14/h3-10,12H,11H2,1-2H3,(H,18,19). The van der Waals surface area contributed by atoms with E-state index < -0.39 is 0 Å². The summed E-state index contributed by atoms with van der Waals surface area (Å²) in [4.78, 5) is 16.0. The predicted octanol–water partition coefficient (Wildman–Crippen LogP) is 3.37. The lowest BCUT2D eigenvalue weighted by Gasteiger charge is -2.09. The van der Waals surface area contributed by atoms with Crippen LogP contribution in [0.2, 0.25) is 0 Å². The highest BCUT2D eigenvalue weighted by molar-refractivity contribution is 6.04. The van der Waals surface area contributed by atoms with Crippen LogP contribution < -0.4 is 10.1 Å². The Morgan fingerprint density at radius 2 is 2.00 bits per heavy atom. The Kier molecular flexibility index (Phi) is 4.71. The molecule has 0 atom stereocenters. The Labute approximate surface area is 118 Å². The molecule has 1 heterocycles. The second kappa shape index (κ2) is 6.70. The number of carbonyl (C=O) groups excluding carboxylic acids is 1. The summed E-state index contributed by atoms with van der Waals surface area (Å²) in [7, 11) is 0. The zero-order valence-corrected chi connectivity index (χ0v) is 11.7. The SMILES string of the molecule is CC(C)COc1ccc(C(=O)Nc2cccnc2)cc1. The first kappa shape index (κ1) is 14.1. The van der Waals surface area contributed by atoms with Crippen LogP contribution in [0.1, 0.15) is 24.2 Å². The second-order valence-corrected chi connectivity index (χ2v) is 4.93. The smallest absolute Gasteiger partial charge is 0.255 e. The number of pyridine rings is 1. The lowest BCUT2D eigenvalue weighted by atomic mass is 10.2. The topological polar surface area (TPSA) is 51.2 Å². The van der Waals surface area contributed by atoms with Crippen LogP contribution in [-0.4, -0.2) is 17.5 Å². The molecular formula is C16H18N2O2. The molecule has 4 heteroatoms. The van der Waals surface area contributed by atoms with Crippen LogP contribution >= 0.6 is 0 Å². The van der Waals surface area contributed by atoms with Gasteiger partial charge in [0.25, 0.3) is 5.91 Å². The molecule has 4 nitrogen and oxygen atoms in total. The molecule has 2 rings (SSSR count). The van der Waals surface area contributed by atoms with E-state index >= 15 is 0 Å². The zero-order chi connectivity index (χ0) is 14.4. The first-order valence-corrected chi connectivity index (χ1v) is 6.59. The first-order chi connectivity index (χ1) is 9.65. The van der Waals surface area contributed by atoms with Crippen LogP contribution in [0.3, 0.4) is 0 Å². The highest BCUT2D eigenvalue weighted by Crippen LogP contribution is 2.14. The number of nitrogens with one attached hydrogen (secondary N) is 1. The molecule has 0 aliphatic heterocycles. The van der Waals surface area contributed by atoms with E-state index in [4.69, 9.17) is 4.74 Å². The quantitative estimate of drug-likeness (QED) is 0.906. The molecule has 1 N–H and O–H groups in total. The molecular weight excluding hydrogens is 252 g/mol. The van der Waals surface area contributed by atoms with Gasteiger partial charge in [-0.2, -0.15) is 0 Å². The van der Waals surface area contributed by atoms with E-state index in [2.05, 4.69) is 24.1 Å². The summed E-state index contributed by atoms with van der Waals surface area (Å²) in [6.07, 6.45) is 3.27. The van der Waals surface area contributed by atoms with E-state index in [0.717, 1.165) is 5.75 Å². The van der Waals surface area contributed by atoms with Gasteiger partial charge in [-0.1, -0.05) is 13.8 Å². The van der Waals surface area contributed by atoms with Crippen LogP contribution in [0.5, 0.6) is 5.75 Å². The normalized spacial score (nSPS) is 10.3. The van der Waals surface area contributed by atoms with E-state index in [1.807, 2.05) is 0 Å². The highest BCUT2D eigenvalue weighted by Gasteiger charge is 2.06. The fourth-order valence-electron chi connectivity index (χ4n) is 1.61. The van der Waals surface area contributed by atoms with Gasteiger partial charge in [0, 0.05) is 11.8 Å². The number of anilines is 1. The molecule has 2 aromatic rings. The number of benzene rings is 1. The van der Waals surface area contributed by atoms with E-state index in [9.17, 15) is 4.79 Å². The fourth-order valence-corrected chi connectivity index (χ4v) is 1.61. The van der Waals surface area contributed by atoms with E-state index in [1.165, 1.54) is 0 Å². The largest absolute Gasteiger partial charge is 0.493 e. The van der Waals surface area contributed by atoms with Gasteiger partial charge >= 0.3 is 0 Å². The summed E-state index contributed by atoms with van der Waals surface area (Å²) in [5, 5.41) is 2.79. The molecule has 1 aromatic heterocycles. The third kappa shape index (κ3) is 4.09. The van der Waals surface area contributed by atoms with Gasteiger partial charge in [-0.3, -0.25) is 9.78 Å². The Morgan fingerprint density at radius 3 is 2.60 bits per heavy atom. The number of aromatic nitrogens is 1. The van der Waals surface area contributed by atoms with Crippen molar-refractivity contribution in [2.24, 2.45) is 5.92 Å². The number of hydrogen-bond acceptors (Lipinski definition) is 3. The number of ether oxygens (including phenoxy) is 1. The lowest BCUT2D eigenvalue weighted by Crippen LogP contribution is -2.12. The number of nitrogens with zero attached hydrogens (tertiary/aromatic N) is 1. The maximum absolute atomic E-state index is 12.0. The van der Waals surface area contributed by atoms with Crippen LogP contribution in [0.25, 0.3) is 0 Å². The minimum absolute atomic E-state index is 0.159. The summed E-state index contributed by atoms with van der Waals surface area (Å²) in [5.74, 6) is 1.09. The van der Waals surface area contributed by atoms with Crippen molar-refractivity contribution in [3.63, 3.8) is 0 Å². The lowest BCUT2D eigenvalue weighted by molar-refractivity contribution is 0.102. The van der Waals surface area contributed by atoms with Crippen molar-refractivity contribution < 1.29 is 9.53 Å². The van der Waals surface area contributed by atoms with Crippen molar-refractivity contribution in [3.8, 4) is 5.75 Å². The molecule has 0 spiro atoms. The predicted molar refractivity (Wildman–Crippen MR) is 79.0 cm³/mol. The summed E-state index contributed by atoms with van der Waals surface area (Å²) in [6.45, 7) is 4.85. The van der Waals surface area contributed by atoms with Gasteiger partial charge in [-0.25, -0.2) is 0 Å². The molecule has 0 bridgehead atoms. The van der Waals surface area contributed by atoms with Crippen LogP contribution in [0, 0.1) is 5.92 Å². The maximum atomic E-state index is 12.0. The Hall–Kier alpha value is -2.36. The molecule has 0 radical (unpaired) electrons. The summed E-state index contributed by atoms with van der Waals surface area (Å²) in [6, 6.07) is 10.7. The Morgan fingerprint density at radius 1 is 1.25 bits per heavy atom. The van der Waals surface area contributed by atoms with E-state index in [-0.39, 0.29) is 5.91 Å². The Bertz CT molecular complexity index is 550. The molecule has 104 valence electrons. The summed E-state index contributed by atoms with van der Waals surface area (Å²) in [5.41, 5.74) is 1.27. The van der Waals surface area contributed by atoms with Crippen LogP contribution in [-0.2, 0) is 0 Å². The highest BCUT2D eigenvalue weighted by atomic mass is 16.5. The van der Waals surface area contributed by atoms with Gasteiger partial charge in [-0.05, 0) is 42.3 Å². The van der Waals surface area contributed by atoms with Gasteiger partial charge in [-0.15, -0.1) is 0 Å². The molecule has 20 heavy (non-hydrogen) atoms. The average Bonchev–Trinajstić information content (AvgIpc) is 2.46. The van der Waals surface area contributed by atoms with Gasteiger partial charge in [0.2, 0.25) is 0 Å². The Balaban J connectivity index is 1.97. The van der Waals surface area contributed by atoms with Gasteiger partial charge in [0.15, 0.2) is 0 Å². The van der Waals surface area contributed by atoms with Crippen molar-refractivity contribution in [2.45, 2.75) is 13.8 Å². The van der Waals surface area contributed by atoms with E-state index in [0.29, 0.717) is 23.8 Å². The van der Waals surface area contributed by atoms with Crippen LogP contribution in [0.4, 0.5) is 5.69 Å². The molecule has 1 aromatic carbocycles.